The van der Waals surface area contributed by atoms with Crippen molar-refractivity contribution in [2.45, 2.75) is 43.9 Å². The van der Waals surface area contributed by atoms with Crippen LogP contribution in [-0.2, 0) is 4.74 Å². The van der Waals surface area contributed by atoms with Crippen LogP contribution in [0.3, 0.4) is 0 Å². The summed E-state index contributed by atoms with van der Waals surface area (Å²) in [5, 5.41) is 0. The lowest BCUT2D eigenvalue weighted by Gasteiger charge is -2.42. The maximum Gasteiger partial charge on any atom is 0.0658 e. The van der Waals surface area contributed by atoms with Gasteiger partial charge in [-0.1, -0.05) is 20.8 Å². The molecule has 1 rings (SSSR count). The lowest BCUT2D eigenvalue weighted by atomic mass is 9.93. The van der Waals surface area contributed by atoms with Crippen molar-refractivity contribution < 1.29 is 4.74 Å². The molecule has 1 fully saturated rings. The van der Waals surface area contributed by atoms with Crippen molar-refractivity contribution in [2.75, 3.05) is 39.1 Å². The number of hydrogen-bond donors (Lipinski definition) is 1. The smallest absolute Gasteiger partial charge is 0.0658 e. The van der Waals surface area contributed by atoms with Gasteiger partial charge in [-0.25, -0.2) is 0 Å². The second-order valence-corrected chi connectivity index (χ2v) is 7.36. The van der Waals surface area contributed by atoms with Crippen LogP contribution in [0.1, 0.15) is 33.6 Å². The number of rotatable bonds is 5. The van der Waals surface area contributed by atoms with Gasteiger partial charge in [0.2, 0.25) is 0 Å². The molecule has 0 aromatic heterocycles. The van der Waals surface area contributed by atoms with E-state index in [2.05, 4.69) is 37.4 Å². The third kappa shape index (κ3) is 3.85. The highest BCUT2D eigenvalue weighted by Gasteiger charge is 2.36. The van der Waals surface area contributed by atoms with Gasteiger partial charge in [0.15, 0.2) is 0 Å². The first-order chi connectivity index (χ1) is 7.99. The largest absolute Gasteiger partial charge is 0.383 e. The predicted octanol–water partition coefficient (Wildman–Crippen LogP) is 1.96. The van der Waals surface area contributed by atoms with Crippen LogP contribution in [0.25, 0.3) is 0 Å². The Bertz CT molecular complexity index is 229. The van der Waals surface area contributed by atoms with E-state index in [0.717, 1.165) is 26.1 Å². The van der Waals surface area contributed by atoms with Gasteiger partial charge in [-0.15, -0.1) is 0 Å². The summed E-state index contributed by atoms with van der Waals surface area (Å²) in [5.41, 5.74) is 6.06. The first-order valence-corrected chi connectivity index (χ1v) is 7.56. The molecule has 0 radical (unpaired) electrons. The van der Waals surface area contributed by atoms with Gasteiger partial charge in [0, 0.05) is 37.2 Å². The number of nitrogens with zero attached hydrogens (tertiary/aromatic N) is 1. The fourth-order valence-electron chi connectivity index (χ4n) is 2.51. The zero-order valence-electron chi connectivity index (χ0n) is 11.8. The van der Waals surface area contributed by atoms with Gasteiger partial charge in [0.1, 0.15) is 0 Å². The summed E-state index contributed by atoms with van der Waals surface area (Å²) in [5.74, 6) is 1.19. The van der Waals surface area contributed by atoms with Gasteiger partial charge in [-0.3, -0.25) is 4.90 Å². The number of ether oxygens (including phenoxy) is 1. The molecule has 17 heavy (non-hydrogen) atoms. The third-order valence-corrected chi connectivity index (χ3v) is 5.33. The van der Waals surface area contributed by atoms with Crippen molar-refractivity contribution in [3.05, 3.63) is 0 Å². The molecular formula is C13H28N2OS. The van der Waals surface area contributed by atoms with Crippen LogP contribution >= 0.6 is 11.8 Å². The van der Waals surface area contributed by atoms with Crippen LogP contribution in [0, 0.1) is 0 Å². The maximum atomic E-state index is 6.03. The molecule has 1 saturated heterocycles. The molecule has 0 bridgehead atoms. The SMILES string of the molecule is CCC(CN)(COC)N1CCSC(C)(C)CC1. The number of thioether (sulfide) groups is 1. The summed E-state index contributed by atoms with van der Waals surface area (Å²) < 4.78 is 5.81. The monoisotopic (exact) mass is 260 g/mol. The maximum absolute atomic E-state index is 6.03. The van der Waals surface area contributed by atoms with E-state index < -0.39 is 0 Å². The van der Waals surface area contributed by atoms with Crippen molar-refractivity contribution >= 4 is 11.8 Å². The minimum Gasteiger partial charge on any atom is -0.383 e. The molecule has 0 amide bonds. The molecule has 0 spiro atoms. The highest BCUT2D eigenvalue weighted by molar-refractivity contribution is 8.00. The minimum atomic E-state index is 0.0374. The first kappa shape index (κ1) is 15.3. The zero-order valence-corrected chi connectivity index (χ0v) is 12.6. The topological polar surface area (TPSA) is 38.5 Å². The normalized spacial score (nSPS) is 25.2. The second-order valence-electron chi connectivity index (χ2n) is 5.56. The average Bonchev–Trinajstić information content (AvgIpc) is 2.48. The lowest BCUT2D eigenvalue weighted by Crippen LogP contribution is -2.57. The van der Waals surface area contributed by atoms with E-state index in [1.807, 2.05) is 0 Å². The van der Waals surface area contributed by atoms with Crippen LogP contribution < -0.4 is 5.73 Å². The van der Waals surface area contributed by atoms with E-state index in [9.17, 15) is 0 Å². The van der Waals surface area contributed by atoms with E-state index in [1.165, 1.54) is 12.2 Å². The van der Waals surface area contributed by atoms with E-state index in [4.69, 9.17) is 10.5 Å². The second kappa shape index (κ2) is 6.41. The van der Waals surface area contributed by atoms with Gasteiger partial charge in [-0.05, 0) is 12.8 Å². The van der Waals surface area contributed by atoms with Crippen LogP contribution in [0.4, 0.5) is 0 Å². The quantitative estimate of drug-likeness (QED) is 0.820. The van der Waals surface area contributed by atoms with Gasteiger partial charge < -0.3 is 10.5 Å². The van der Waals surface area contributed by atoms with Crippen molar-refractivity contribution in [2.24, 2.45) is 5.73 Å². The van der Waals surface area contributed by atoms with Crippen LogP contribution in [0.5, 0.6) is 0 Å². The summed E-state index contributed by atoms with van der Waals surface area (Å²) in [7, 11) is 1.77. The Kier molecular flexibility index (Phi) is 5.77. The highest BCUT2D eigenvalue weighted by Crippen LogP contribution is 2.33. The molecular weight excluding hydrogens is 232 g/mol. The lowest BCUT2D eigenvalue weighted by molar-refractivity contribution is 0.0149. The Hall–Kier alpha value is 0.230. The van der Waals surface area contributed by atoms with Crippen LogP contribution in [0.15, 0.2) is 0 Å². The van der Waals surface area contributed by atoms with Crippen LogP contribution in [-0.4, -0.2) is 54.3 Å². The Morgan fingerprint density at radius 3 is 2.65 bits per heavy atom. The summed E-state index contributed by atoms with van der Waals surface area (Å²) in [4.78, 5) is 2.55. The van der Waals surface area contributed by atoms with Gasteiger partial charge in [0.25, 0.3) is 0 Å². The average molecular weight is 260 g/mol. The first-order valence-electron chi connectivity index (χ1n) is 6.58. The number of methoxy groups -OCH3 is 1. The number of nitrogens with two attached hydrogens (primary N) is 1. The van der Waals surface area contributed by atoms with Gasteiger partial charge in [-0.2, -0.15) is 11.8 Å². The van der Waals surface area contributed by atoms with Crippen molar-refractivity contribution in [3.63, 3.8) is 0 Å². The summed E-state index contributed by atoms with van der Waals surface area (Å²) in [6.45, 7) is 10.6. The fourth-order valence-corrected chi connectivity index (χ4v) is 3.61. The molecule has 1 heterocycles. The Labute approximate surface area is 110 Å². The Morgan fingerprint density at radius 1 is 1.41 bits per heavy atom. The Balaban J connectivity index is 2.74. The third-order valence-electron chi connectivity index (χ3n) is 3.96. The van der Waals surface area contributed by atoms with Gasteiger partial charge >= 0.3 is 0 Å². The zero-order chi connectivity index (χ0) is 12.9. The summed E-state index contributed by atoms with van der Waals surface area (Å²) in [6, 6.07) is 0. The highest BCUT2D eigenvalue weighted by atomic mass is 32.2. The number of hydrogen-bond acceptors (Lipinski definition) is 4. The van der Waals surface area contributed by atoms with Crippen LogP contribution in [0.2, 0.25) is 0 Å². The fraction of sp³-hybridized carbons (Fsp3) is 1.00. The molecule has 1 aliphatic heterocycles. The van der Waals surface area contributed by atoms with Crippen molar-refractivity contribution in [1.29, 1.82) is 0 Å². The molecule has 0 aromatic rings. The molecule has 3 nitrogen and oxygen atoms in total. The summed E-state index contributed by atoms with van der Waals surface area (Å²) in [6.07, 6.45) is 2.28. The molecule has 4 heteroatoms. The molecule has 1 atom stereocenters. The molecule has 0 aliphatic carbocycles. The molecule has 1 aliphatic rings. The summed E-state index contributed by atoms with van der Waals surface area (Å²) >= 11 is 2.08. The molecule has 2 N–H and O–H groups in total. The molecule has 1 unspecified atom stereocenters. The van der Waals surface area contributed by atoms with Gasteiger partial charge in [0.05, 0.1) is 12.1 Å². The van der Waals surface area contributed by atoms with E-state index in [0.29, 0.717) is 11.3 Å². The molecule has 102 valence electrons. The Morgan fingerprint density at radius 2 is 2.12 bits per heavy atom. The van der Waals surface area contributed by atoms with E-state index in [1.54, 1.807) is 7.11 Å². The van der Waals surface area contributed by atoms with Crippen molar-refractivity contribution in [1.82, 2.24) is 4.90 Å². The minimum absolute atomic E-state index is 0.0374. The standard InChI is InChI=1S/C13H28N2OS/c1-5-13(10-14,11-16-4)15-7-6-12(2,3)17-9-8-15/h5-11,14H2,1-4H3. The van der Waals surface area contributed by atoms with Crippen molar-refractivity contribution in [3.8, 4) is 0 Å². The molecule has 0 aromatic carbocycles. The van der Waals surface area contributed by atoms with E-state index in [-0.39, 0.29) is 5.54 Å². The molecule has 0 saturated carbocycles. The predicted molar refractivity (Wildman–Crippen MR) is 76.7 cm³/mol. The van der Waals surface area contributed by atoms with E-state index >= 15 is 0 Å².